The zero-order chi connectivity index (χ0) is 21.2. The van der Waals surface area contributed by atoms with Gasteiger partial charge in [0.15, 0.2) is 5.96 Å². The Morgan fingerprint density at radius 3 is 2.67 bits per heavy atom. The molecule has 7 heteroatoms. The lowest BCUT2D eigenvalue weighted by Crippen LogP contribution is -2.41. The van der Waals surface area contributed by atoms with Gasteiger partial charge in [0.2, 0.25) is 5.91 Å². The number of benzene rings is 2. The van der Waals surface area contributed by atoms with Gasteiger partial charge in [-0.2, -0.15) is 0 Å². The number of hydrogen-bond donors (Lipinski definition) is 2. The molecule has 0 aromatic heterocycles. The minimum Gasteiger partial charge on any atom is -0.356 e. The van der Waals surface area contributed by atoms with Gasteiger partial charge in [-0.1, -0.05) is 30.3 Å². The predicted octanol–water partition coefficient (Wildman–Crippen LogP) is 3.17. The lowest BCUT2D eigenvalue weighted by molar-refractivity contribution is -0.127. The second kappa shape index (κ2) is 11.6. The molecule has 1 aliphatic rings. The molecule has 0 radical (unpaired) electrons. The number of rotatable bonds is 9. The summed E-state index contributed by atoms with van der Waals surface area (Å²) < 4.78 is 12.9. The average Bonchev–Trinajstić information content (AvgIpc) is 3.13. The second-order valence-electron chi connectivity index (χ2n) is 7.33. The van der Waals surface area contributed by atoms with Gasteiger partial charge in [0.25, 0.3) is 0 Å². The lowest BCUT2D eigenvalue weighted by Gasteiger charge is -2.18. The van der Waals surface area contributed by atoms with Gasteiger partial charge in [0, 0.05) is 56.2 Å². The summed E-state index contributed by atoms with van der Waals surface area (Å²) in [6, 6.07) is 16.8. The van der Waals surface area contributed by atoms with Gasteiger partial charge in [0.1, 0.15) is 5.82 Å². The fraction of sp³-hybridized carbons (Fsp3) is 0.391. The third-order valence-corrected chi connectivity index (χ3v) is 6.08. The van der Waals surface area contributed by atoms with Gasteiger partial charge < -0.3 is 15.5 Å². The zero-order valence-corrected chi connectivity index (χ0v) is 18.1. The van der Waals surface area contributed by atoms with Crippen molar-refractivity contribution < 1.29 is 9.18 Å². The largest absolute Gasteiger partial charge is 0.356 e. The maximum Gasteiger partial charge on any atom is 0.223 e. The summed E-state index contributed by atoms with van der Waals surface area (Å²) in [5, 5.41) is 6.62. The number of carbonyl (C=O) groups is 1. The van der Waals surface area contributed by atoms with E-state index in [1.807, 2.05) is 23.1 Å². The minimum atomic E-state index is -0.217. The van der Waals surface area contributed by atoms with Crippen LogP contribution in [0.4, 0.5) is 4.39 Å². The number of thioether (sulfide) groups is 1. The smallest absolute Gasteiger partial charge is 0.223 e. The van der Waals surface area contributed by atoms with Crippen molar-refractivity contribution in [1.82, 2.24) is 15.5 Å². The van der Waals surface area contributed by atoms with Crippen LogP contribution in [-0.4, -0.2) is 55.7 Å². The molecule has 1 atom stereocenters. The molecular weight excluding hydrogens is 399 g/mol. The fourth-order valence-corrected chi connectivity index (χ4v) is 4.21. The maximum absolute atomic E-state index is 12.9. The van der Waals surface area contributed by atoms with Crippen molar-refractivity contribution in [1.29, 1.82) is 0 Å². The Kier molecular flexibility index (Phi) is 8.56. The van der Waals surface area contributed by atoms with Gasteiger partial charge in [0.05, 0.1) is 0 Å². The van der Waals surface area contributed by atoms with Gasteiger partial charge in [-0.15, -0.1) is 11.8 Å². The third kappa shape index (κ3) is 7.06. The molecular formula is C23H29FN4OS. The number of amides is 1. The quantitative estimate of drug-likeness (QED) is 0.279. The van der Waals surface area contributed by atoms with E-state index < -0.39 is 0 Å². The molecule has 30 heavy (non-hydrogen) atoms. The Balaban J connectivity index is 1.33. The number of nitrogens with one attached hydrogen (secondary N) is 2. The van der Waals surface area contributed by atoms with E-state index in [0.29, 0.717) is 12.3 Å². The molecule has 160 valence electrons. The molecule has 1 unspecified atom stereocenters. The van der Waals surface area contributed by atoms with E-state index in [0.717, 1.165) is 49.2 Å². The van der Waals surface area contributed by atoms with Gasteiger partial charge in [-0.05, 0) is 36.2 Å². The first kappa shape index (κ1) is 22.2. The Morgan fingerprint density at radius 1 is 1.17 bits per heavy atom. The van der Waals surface area contributed by atoms with Crippen LogP contribution in [0.25, 0.3) is 0 Å². The van der Waals surface area contributed by atoms with Crippen LogP contribution in [0.5, 0.6) is 0 Å². The molecule has 2 N–H and O–H groups in total. The summed E-state index contributed by atoms with van der Waals surface area (Å²) in [6.45, 7) is 3.02. The van der Waals surface area contributed by atoms with Crippen LogP contribution >= 0.6 is 11.8 Å². The molecule has 1 aliphatic heterocycles. The van der Waals surface area contributed by atoms with Crippen LogP contribution in [0.1, 0.15) is 12.0 Å². The molecule has 5 nitrogen and oxygen atoms in total. The molecule has 1 saturated heterocycles. The van der Waals surface area contributed by atoms with E-state index in [2.05, 4.69) is 27.8 Å². The van der Waals surface area contributed by atoms with Crippen molar-refractivity contribution in [2.45, 2.75) is 17.7 Å². The summed E-state index contributed by atoms with van der Waals surface area (Å²) in [5.74, 6) is 1.90. The van der Waals surface area contributed by atoms with Crippen LogP contribution in [0.15, 0.2) is 64.5 Å². The van der Waals surface area contributed by atoms with Gasteiger partial charge in [-0.3, -0.25) is 9.79 Å². The van der Waals surface area contributed by atoms with Crippen LogP contribution in [-0.2, 0) is 11.2 Å². The first-order chi connectivity index (χ1) is 14.6. The fourth-order valence-electron chi connectivity index (χ4n) is 3.45. The standard InChI is InChI=1S/C23H29FN4OS/c1-25-23(26-12-14-30-21-9-7-20(24)8-10-21)27-16-19-15-22(29)28(17-19)13-11-18-5-3-2-4-6-18/h2-10,19H,11-17H2,1H3,(H2,25,26,27). The van der Waals surface area contributed by atoms with Crippen molar-refractivity contribution in [3.8, 4) is 0 Å². The molecule has 2 aromatic carbocycles. The minimum absolute atomic E-state index is 0.217. The highest BCUT2D eigenvalue weighted by Gasteiger charge is 2.29. The van der Waals surface area contributed by atoms with Crippen LogP contribution in [0.3, 0.4) is 0 Å². The van der Waals surface area contributed by atoms with Crippen molar-refractivity contribution in [2.24, 2.45) is 10.9 Å². The molecule has 0 bridgehead atoms. The Hall–Kier alpha value is -2.54. The van der Waals surface area contributed by atoms with Crippen LogP contribution < -0.4 is 10.6 Å². The Labute approximate surface area is 182 Å². The topological polar surface area (TPSA) is 56.7 Å². The first-order valence-corrected chi connectivity index (χ1v) is 11.3. The van der Waals surface area contributed by atoms with Crippen molar-refractivity contribution in [3.63, 3.8) is 0 Å². The SMILES string of the molecule is CN=C(NCCSc1ccc(F)cc1)NCC1CC(=O)N(CCc2ccccc2)C1. The normalized spacial score (nSPS) is 16.7. The van der Waals surface area contributed by atoms with E-state index in [-0.39, 0.29) is 11.7 Å². The summed E-state index contributed by atoms with van der Waals surface area (Å²) >= 11 is 1.67. The molecule has 0 aliphatic carbocycles. The number of halogens is 1. The molecule has 1 fully saturated rings. The van der Waals surface area contributed by atoms with Gasteiger partial charge >= 0.3 is 0 Å². The van der Waals surface area contributed by atoms with Crippen LogP contribution in [0.2, 0.25) is 0 Å². The predicted molar refractivity (Wildman–Crippen MR) is 121 cm³/mol. The van der Waals surface area contributed by atoms with E-state index in [4.69, 9.17) is 0 Å². The average molecular weight is 429 g/mol. The van der Waals surface area contributed by atoms with E-state index in [1.165, 1.54) is 17.7 Å². The van der Waals surface area contributed by atoms with Crippen LogP contribution in [0, 0.1) is 11.7 Å². The van der Waals surface area contributed by atoms with E-state index in [1.54, 1.807) is 30.9 Å². The molecule has 3 rings (SSSR count). The molecule has 1 heterocycles. The highest BCUT2D eigenvalue weighted by Crippen LogP contribution is 2.18. The van der Waals surface area contributed by atoms with Crippen molar-refractivity contribution in [2.75, 3.05) is 39.0 Å². The summed E-state index contributed by atoms with van der Waals surface area (Å²) in [7, 11) is 1.74. The number of aliphatic imine (C=N–C) groups is 1. The molecule has 1 amide bonds. The molecule has 0 spiro atoms. The summed E-state index contributed by atoms with van der Waals surface area (Å²) in [6.07, 6.45) is 1.47. The Morgan fingerprint density at radius 2 is 1.93 bits per heavy atom. The number of carbonyl (C=O) groups excluding carboxylic acids is 1. The number of likely N-dealkylation sites (tertiary alicyclic amines) is 1. The van der Waals surface area contributed by atoms with Gasteiger partial charge in [-0.25, -0.2) is 4.39 Å². The van der Waals surface area contributed by atoms with E-state index >= 15 is 0 Å². The lowest BCUT2D eigenvalue weighted by atomic mass is 10.1. The number of hydrogen-bond acceptors (Lipinski definition) is 3. The highest BCUT2D eigenvalue weighted by molar-refractivity contribution is 7.99. The summed E-state index contributed by atoms with van der Waals surface area (Å²) in [4.78, 5) is 19.6. The van der Waals surface area contributed by atoms with Crippen molar-refractivity contribution >= 4 is 23.6 Å². The van der Waals surface area contributed by atoms with E-state index in [9.17, 15) is 9.18 Å². The summed E-state index contributed by atoms with van der Waals surface area (Å²) in [5.41, 5.74) is 1.26. The highest BCUT2D eigenvalue weighted by atomic mass is 32.2. The first-order valence-electron chi connectivity index (χ1n) is 10.3. The van der Waals surface area contributed by atoms with Crippen molar-refractivity contribution in [3.05, 3.63) is 66.0 Å². The molecule has 2 aromatic rings. The third-order valence-electron chi connectivity index (χ3n) is 5.07. The monoisotopic (exact) mass is 428 g/mol. The molecule has 0 saturated carbocycles. The number of guanidine groups is 1. The second-order valence-corrected chi connectivity index (χ2v) is 8.50. The maximum atomic E-state index is 12.9. The Bertz CT molecular complexity index is 829. The number of nitrogens with zero attached hydrogens (tertiary/aromatic N) is 2. The zero-order valence-electron chi connectivity index (χ0n) is 17.3.